The summed E-state index contributed by atoms with van der Waals surface area (Å²) in [6.07, 6.45) is 2.04. The fourth-order valence-corrected chi connectivity index (χ4v) is 5.28. The van der Waals surface area contributed by atoms with Gasteiger partial charge in [-0.2, -0.15) is 0 Å². The number of halogens is 1. The lowest BCUT2D eigenvalue weighted by molar-refractivity contribution is 0.0988. The summed E-state index contributed by atoms with van der Waals surface area (Å²) in [7, 11) is 1.53. The number of amides is 1. The molecule has 2 unspecified atom stereocenters. The lowest BCUT2D eigenvalue weighted by Gasteiger charge is -2.17. The highest BCUT2D eigenvalue weighted by molar-refractivity contribution is 6.30. The van der Waals surface area contributed by atoms with Crippen LogP contribution in [-0.2, 0) is 11.3 Å². The monoisotopic (exact) mass is 515 g/mol. The smallest absolute Gasteiger partial charge is 0.295 e. The van der Waals surface area contributed by atoms with Crippen molar-refractivity contribution in [2.45, 2.75) is 19.6 Å². The Morgan fingerprint density at radius 2 is 1.97 bits per heavy atom. The molecule has 2 fully saturated rings. The van der Waals surface area contributed by atoms with Gasteiger partial charge in [0.2, 0.25) is 5.88 Å². The van der Waals surface area contributed by atoms with Crippen LogP contribution in [0.25, 0.3) is 16.9 Å². The number of pyridine rings is 2. The van der Waals surface area contributed by atoms with Gasteiger partial charge in [0.15, 0.2) is 0 Å². The minimum atomic E-state index is -0.360. The summed E-state index contributed by atoms with van der Waals surface area (Å²) in [6.45, 7) is 4.41. The van der Waals surface area contributed by atoms with Crippen molar-refractivity contribution in [2.24, 2.45) is 10.9 Å². The van der Waals surface area contributed by atoms with E-state index in [0.717, 1.165) is 47.0 Å². The summed E-state index contributed by atoms with van der Waals surface area (Å²) in [5, 5.41) is 0.694. The molecule has 188 valence electrons. The molecule has 0 N–H and O–H groups in total. The van der Waals surface area contributed by atoms with Crippen LogP contribution in [0, 0.1) is 12.8 Å². The Balaban J connectivity index is 1.25. The van der Waals surface area contributed by atoms with E-state index >= 15 is 0 Å². The molecule has 4 aromatic rings. The van der Waals surface area contributed by atoms with Gasteiger partial charge in [0.05, 0.1) is 36.9 Å². The van der Waals surface area contributed by atoms with E-state index in [4.69, 9.17) is 26.1 Å². The number of methoxy groups -OCH3 is 1. The number of carbonyl (C=O) groups is 1. The van der Waals surface area contributed by atoms with Crippen LogP contribution in [0.5, 0.6) is 5.88 Å². The second-order valence-corrected chi connectivity index (χ2v) is 9.86. The topological polar surface area (TPSA) is 81.3 Å². The first-order valence-corrected chi connectivity index (χ1v) is 12.6. The highest BCUT2D eigenvalue weighted by atomic mass is 35.5. The van der Waals surface area contributed by atoms with Gasteiger partial charge in [-0.1, -0.05) is 35.9 Å². The third-order valence-corrected chi connectivity index (χ3v) is 7.32. The van der Waals surface area contributed by atoms with E-state index in [2.05, 4.69) is 19.3 Å². The Hall–Kier alpha value is -3.59. The van der Waals surface area contributed by atoms with E-state index in [9.17, 15) is 4.79 Å². The zero-order chi connectivity index (χ0) is 25.5. The maximum absolute atomic E-state index is 13.0. The van der Waals surface area contributed by atoms with Gasteiger partial charge in [-0.25, -0.2) is 15.0 Å². The van der Waals surface area contributed by atoms with Crippen LogP contribution in [-0.4, -0.2) is 63.8 Å². The molecule has 0 radical (unpaired) electrons. The van der Waals surface area contributed by atoms with E-state index in [1.165, 1.54) is 7.11 Å². The van der Waals surface area contributed by atoms with Crippen molar-refractivity contribution in [1.82, 2.24) is 19.3 Å². The molecule has 1 aromatic carbocycles. The fourth-order valence-electron chi connectivity index (χ4n) is 5.16. The number of hydrogen-bond acceptors (Lipinski definition) is 6. The van der Waals surface area contributed by atoms with Crippen molar-refractivity contribution in [3.05, 3.63) is 82.8 Å². The van der Waals surface area contributed by atoms with Crippen LogP contribution < -0.4 is 4.74 Å². The van der Waals surface area contributed by atoms with Gasteiger partial charge in [0, 0.05) is 48.4 Å². The average Bonchev–Trinajstić information content (AvgIpc) is 3.59. The molecule has 3 aromatic heterocycles. The molecule has 5 heterocycles. The molecule has 37 heavy (non-hydrogen) atoms. The Morgan fingerprint density at radius 1 is 1.14 bits per heavy atom. The Kier molecular flexibility index (Phi) is 6.24. The number of benzene rings is 1. The zero-order valence-electron chi connectivity index (χ0n) is 20.6. The van der Waals surface area contributed by atoms with Crippen molar-refractivity contribution in [3.8, 4) is 17.1 Å². The fraction of sp³-hybridized carbons (Fsp3) is 0.286. The van der Waals surface area contributed by atoms with E-state index in [-0.39, 0.29) is 17.9 Å². The summed E-state index contributed by atoms with van der Waals surface area (Å²) in [4.78, 5) is 29.0. The molecule has 0 aliphatic carbocycles. The Labute approximate surface area is 219 Å². The average molecular weight is 516 g/mol. The number of rotatable bonds is 5. The SMILES string of the molecule is COc1ccc(C)c(C(=O)N=C2COC3CN(Cc4c(-c5ccc(Cl)cc5)nc5ccccn45)CC23)n1. The number of imidazole rings is 1. The number of aromatic nitrogens is 3. The van der Waals surface area contributed by atoms with Gasteiger partial charge < -0.3 is 13.9 Å². The van der Waals surface area contributed by atoms with E-state index in [0.29, 0.717) is 29.7 Å². The van der Waals surface area contributed by atoms with Crippen LogP contribution >= 0.6 is 11.6 Å². The molecule has 2 aliphatic rings. The van der Waals surface area contributed by atoms with Crippen molar-refractivity contribution in [1.29, 1.82) is 0 Å². The third kappa shape index (κ3) is 4.52. The highest BCUT2D eigenvalue weighted by Crippen LogP contribution is 2.32. The number of aliphatic imine (C=N–C) groups is 1. The van der Waals surface area contributed by atoms with Gasteiger partial charge >= 0.3 is 0 Å². The first kappa shape index (κ1) is 23.8. The quantitative estimate of drug-likeness (QED) is 0.390. The second kappa shape index (κ2) is 9.70. The highest BCUT2D eigenvalue weighted by Gasteiger charge is 2.42. The lowest BCUT2D eigenvalue weighted by atomic mass is 10.0. The largest absolute Gasteiger partial charge is 0.481 e. The van der Waals surface area contributed by atoms with Gasteiger partial charge in [-0.3, -0.25) is 9.69 Å². The molecule has 6 rings (SSSR count). The maximum Gasteiger partial charge on any atom is 0.295 e. The van der Waals surface area contributed by atoms with Gasteiger partial charge in [0.1, 0.15) is 11.3 Å². The number of carbonyl (C=O) groups excluding carboxylic acids is 1. The van der Waals surface area contributed by atoms with Gasteiger partial charge in [-0.15, -0.1) is 0 Å². The van der Waals surface area contributed by atoms with Gasteiger partial charge in [0.25, 0.3) is 5.91 Å². The van der Waals surface area contributed by atoms with E-state index in [1.807, 2.05) is 61.7 Å². The number of ether oxygens (including phenoxy) is 2. The van der Waals surface area contributed by atoms with Crippen LogP contribution in [0.1, 0.15) is 21.7 Å². The molecule has 0 bridgehead atoms. The number of likely N-dealkylation sites (tertiary alicyclic amines) is 1. The van der Waals surface area contributed by atoms with Crippen LogP contribution in [0.4, 0.5) is 0 Å². The molecular weight excluding hydrogens is 490 g/mol. The number of hydrogen-bond donors (Lipinski definition) is 0. The maximum atomic E-state index is 13.0. The summed E-state index contributed by atoms with van der Waals surface area (Å²) in [5.74, 6) is 0.0974. The number of fused-ring (bicyclic) bond motifs is 2. The van der Waals surface area contributed by atoms with Crippen molar-refractivity contribution in [3.63, 3.8) is 0 Å². The minimum Gasteiger partial charge on any atom is -0.481 e. The lowest BCUT2D eigenvalue weighted by Crippen LogP contribution is -2.25. The van der Waals surface area contributed by atoms with Crippen molar-refractivity contribution >= 4 is 28.9 Å². The molecule has 9 heteroatoms. The molecule has 2 saturated heterocycles. The van der Waals surface area contributed by atoms with Crippen LogP contribution in [0.3, 0.4) is 0 Å². The summed E-state index contributed by atoms with van der Waals surface area (Å²) >= 11 is 6.13. The Morgan fingerprint density at radius 3 is 2.78 bits per heavy atom. The molecule has 8 nitrogen and oxygen atoms in total. The molecule has 2 atom stereocenters. The summed E-state index contributed by atoms with van der Waals surface area (Å²) < 4.78 is 13.4. The third-order valence-electron chi connectivity index (χ3n) is 7.06. The summed E-state index contributed by atoms with van der Waals surface area (Å²) in [5.41, 5.74) is 5.80. The Bertz CT molecular complexity index is 1510. The van der Waals surface area contributed by atoms with Crippen molar-refractivity contribution < 1.29 is 14.3 Å². The first-order valence-electron chi connectivity index (χ1n) is 12.2. The number of nitrogens with zero attached hydrogens (tertiary/aromatic N) is 5. The number of aryl methyl sites for hydroxylation is 1. The molecule has 0 saturated carbocycles. The molecular formula is C28H26ClN5O3. The molecule has 0 spiro atoms. The predicted molar refractivity (Wildman–Crippen MR) is 141 cm³/mol. The first-order chi connectivity index (χ1) is 18.0. The van der Waals surface area contributed by atoms with E-state index in [1.54, 1.807) is 6.07 Å². The molecule has 1 amide bonds. The molecule has 2 aliphatic heterocycles. The second-order valence-electron chi connectivity index (χ2n) is 9.42. The van der Waals surface area contributed by atoms with Crippen LogP contribution in [0.2, 0.25) is 5.02 Å². The van der Waals surface area contributed by atoms with E-state index < -0.39 is 0 Å². The predicted octanol–water partition coefficient (Wildman–Crippen LogP) is 4.48. The zero-order valence-corrected chi connectivity index (χ0v) is 21.4. The summed E-state index contributed by atoms with van der Waals surface area (Å²) in [6, 6.07) is 17.3. The minimum absolute atomic E-state index is 0.00378. The van der Waals surface area contributed by atoms with Gasteiger partial charge in [-0.05, 0) is 36.8 Å². The van der Waals surface area contributed by atoms with Crippen molar-refractivity contribution in [2.75, 3.05) is 26.8 Å². The van der Waals surface area contributed by atoms with Crippen LogP contribution in [0.15, 0.2) is 65.8 Å². The standard InChI is InChI=1S/C28H26ClN5O3/c1-17-6-11-25(36-2)32-26(17)28(35)30-21-16-37-23-15-33(13-20(21)23)14-22-27(18-7-9-19(29)10-8-18)31-24-5-3-4-12-34(22)24/h3-12,20,23H,13-16H2,1-2H3. The normalized spacial score (nSPS) is 20.6.